The van der Waals surface area contributed by atoms with Gasteiger partial charge in [0.25, 0.3) is 0 Å². The number of benzene rings is 1. The zero-order chi connectivity index (χ0) is 16.0. The minimum absolute atomic E-state index is 0.0371. The van der Waals surface area contributed by atoms with Gasteiger partial charge in [0.05, 0.1) is 11.9 Å². The Hall–Kier alpha value is -0.780. The number of sulfonamides is 1. The van der Waals surface area contributed by atoms with Crippen LogP contribution < -0.4 is 9.46 Å². The third kappa shape index (κ3) is 6.68. The van der Waals surface area contributed by atoms with Crippen LogP contribution in [-0.2, 0) is 10.0 Å². The molecule has 120 valence electrons. The summed E-state index contributed by atoms with van der Waals surface area (Å²) in [5.41, 5.74) is 0.896. The Kier molecular flexibility index (Phi) is 6.97. The molecule has 6 heteroatoms. The van der Waals surface area contributed by atoms with Crippen molar-refractivity contribution >= 4 is 21.6 Å². The van der Waals surface area contributed by atoms with Gasteiger partial charge in [-0.2, -0.15) is 0 Å². The summed E-state index contributed by atoms with van der Waals surface area (Å²) in [6.07, 6.45) is 0.115. The van der Waals surface area contributed by atoms with Crippen molar-refractivity contribution < 1.29 is 13.2 Å². The molecule has 0 spiro atoms. The van der Waals surface area contributed by atoms with E-state index in [0.717, 1.165) is 11.3 Å². The van der Waals surface area contributed by atoms with E-state index in [0.29, 0.717) is 5.88 Å². The molecule has 4 nitrogen and oxygen atoms in total. The molecule has 0 aromatic heterocycles. The van der Waals surface area contributed by atoms with Crippen molar-refractivity contribution in [1.29, 1.82) is 0 Å². The Balaban J connectivity index is 2.69. The number of rotatable bonds is 8. The van der Waals surface area contributed by atoms with Crippen LogP contribution in [0, 0.1) is 5.92 Å². The first kappa shape index (κ1) is 18.3. The lowest BCUT2D eigenvalue weighted by Gasteiger charge is -2.17. The Morgan fingerprint density at radius 2 is 1.71 bits per heavy atom. The van der Waals surface area contributed by atoms with Crippen molar-refractivity contribution in [2.24, 2.45) is 5.92 Å². The lowest BCUT2D eigenvalue weighted by Crippen LogP contribution is -2.31. The van der Waals surface area contributed by atoms with Gasteiger partial charge >= 0.3 is 0 Å². The smallest absolute Gasteiger partial charge is 0.212 e. The highest BCUT2D eigenvalue weighted by Gasteiger charge is 2.18. The van der Waals surface area contributed by atoms with Crippen LogP contribution >= 0.6 is 11.6 Å². The average Bonchev–Trinajstić information content (AvgIpc) is 2.37. The predicted octanol–water partition coefficient (Wildman–Crippen LogP) is 3.33. The van der Waals surface area contributed by atoms with Gasteiger partial charge in [-0.25, -0.2) is 13.1 Å². The zero-order valence-electron chi connectivity index (χ0n) is 13.0. The Bertz CT molecular complexity index is 528. The van der Waals surface area contributed by atoms with Crippen LogP contribution in [0.5, 0.6) is 5.75 Å². The minimum atomic E-state index is -3.34. The summed E-state index contributed by atoms with van der Waals surface area (Å²) in [4.78, 5) is 0. The molecule has 0 amide bonds. The second-order valence-electron chi connectivity index (χ2n) is 5.62. The van der Waals surface area contributed by atoms with E-state index in [1.165, 1.54) is 0 Å². The molecule has 2 atom stereocenters. The first-order chi connectivity index (χ1) is 9.73. The predicted molar refractivity (Wildman–Crippen MR) is 87.4 cm³/mol. The van der Waals surface area contributed by atoms with Crippen molar-refractivity contribution in [2.75, 3.05) is 11.6 Å². The van der Waals surface area contributed by atoms with Crippen LogP contribution in [0.25, 0.3) is 0 Å². The average molecular weight is 334 g/mol. The number of hydrogen-bond acceptors (Lipinski definition) is 3. The molecule has 0 heterocycles. The highest BCUT2D eigenvalue weighted by atomic mass is 35.5. The van der Waals surface area contributed by atoms with Gasteiger partial charge in [0, 0.05) is 11.9 Å². The number of alkyl halides is 1. The first-order valence-electron chi connectivity index (χ1n) is 7.06. The largest absolute Gasteiger partial charge is 0.491 e. The molecule has 0 radical (unpaired) electrons. The summed E-state index contributed by atoms with van der Waals surface area (Å²) in [5, 5.41) is 0. The molecule has 0 aliphatic carbocycles. The zero-order valence-corrected chi connectivity index (χ0v) is 14.5. The van der Waals surface area contributed by atoms with Gasteiger partial charge in [-0.1, -0.05) is 19.1 Å². The fourth-order valence-electron chi connectivity index (χ4n) is 1.91. The third-order valence-electron chi connectivity index (χ3n) is 2.88. The van der Waals surface area contributed by atoms with Crippen LogP contribution in [-0.4, -0.2) is 26.2 Å². The Morgan fingerprint density at radius 3 is 2.19 bits per heavy atom. The number of ether oxygens (including phenoxy) is 1. The first-order valence-corrected chi connectivity index (χ1v) is 9.24. The Morgan fingerprint density at radius 1 is 1.14 bits per heavy atom. The van der Waals surface area contributed by atoms with Gasteiger partial charge in [0.1, 0.15) is 5.75 Å². The third-order valence-corrected chi connectivity index (χ3v) is 5.12. The Labute approximate surface area is 132 Å². The molecular weight excluding hydrogens is 310 g/mol. The van der Waals surface area contributed by atoms with E-state index < -0.39 is 10.0 Å². The van der Waals surface area contributed by atoms with Crippen molar-refractivity contribution in [2.45, 2.75) is 39.8 Å². The standard InChI is InChI=1S/C15H24ClNO3S/c1-11(2)20-15-7-5-14(6-8-15)13(4)17-21(18,19)10-12(3)9-16/h5-8,11-13,17H,9-10H2,1-4H3. The van der Waals surface area contributed by atoms with Crippen molar-refractivity contribution in [3.8, 4) is 5.75 Å². The maximum absolute atomic E-state index is 12.0. The maximum Gasteiger partial charge on any atom is 0.212 e. The monoisotopic (exact) mass is 333 g/mol. The summed E-state index contributed by atoms with van der Waals surface area (Å²) in [5.74, 6) is 1.07. The summed E-state index contributed by atoms with van der Waals surface area (Å²) < 4.78 is 32.2. The van der Waals surface area contributed by atoms with E-state index in [9.17, 15) is 8.42 Å². The molecule has 1 aromatic carbocycles. The molecule has 0 aliphatic rings. The van der Waals surface area contributed by atoms with E-state index in [1.54, 1.807) is 0 Å². The lowest BCUT2D eigenvalue weighted by atomic mass is 10.1. The summed E-state index contributed by atoms with van der Waals surface area (Å²) in [6, 6.07) is 7.15. The second kappa shape index (κ2) is 8.01. The number of hydrogen-bond donors (Lipinski definition) is 1. The molecule has 21 heavy (non-hydrogen) atoms. The normalized spacial score (nSPS) is 15.0. The molecule has 2 unspecified atom stereocenters. The molecule has 0 aliphatic heterocycles. The molecule has 0 saturated carbocycles. The number of halogens is 1. The van der Waals surface area contributed by atoms with Crippen LogP contribution in [0.2, 0.25) is 0 Å². The highest BCUT2D eigenvalue weighted by Crippen LogP contribution is 2.19. The van der Waals surface area contributed by atoms with E-state index in [1.807, 2.05) is 52.0 Å². The van der Waals surface area contributed by atoms with Crippen molar-refractivity contribution in [3.63, 3.8) is 0 Å². The molecule has 0 saturated heterocycles. The van der Waals surface area contributed by atoms with Crippen LogP contribution in [0.4, 0.5) is 0 Å². The second-order valence-corrected chi connectivity index (χ2v) is 7.72. The van der Waals surface area contributed by atoms with E-state index in [-0.39, 0.29) is 23.8 Å². The van der Waals surface area contributed by atoms with Gasteiger partial charge < -0.3 is 4.74 Å². The molecule has 1 rings (SSSR count). The van der Waals surface area contributed by atoms with Gasteiger partial charge in [-0.05, 0) is 44.4 Å². The summed E-state index contributed by atoms with van der Waals surface area (Å²) in [7, 11) is -3.34. The lowest BCUT2D eigenvalue weighted by molar-refractivity contribution is 0.242. The SMILES string of the molecule is CC(CCl)CS(=O)(=O)NC(C)c1ccc(OC(C)C)cc1. The van der Waals surface area contributed by atoms with Crippen LogP contribution in [0.1, 0.15) is 39.3 Å². The van der Waals surface area contributed by atoms with Crippen LogP contribution in [0.15, 0.2) is 24.3 Å². The van der Waals surface area contributed by atoms with Gasteiger partial charge in [-0.15, -0.1) is 11.6 Å². The van der Waals surface area contributed by atoms with E-state index in [2.05, 4.69) is 4.72 Å². The highest BCUT2D eigenvalue weighted by molar-refractivity contribution is 7.89. The molecule has 1 N–H and O–H groups in total. The van der Waals surface area contributed by atoms with Crippen molar-refractivity contribution in [1.82, 2.24) is 4.72 Å². The minimum Gasteiger partial charge on any atom is -0.491 e. The quantitative estimate of drug-likeness (QED) is 0.742. The van der Waals surface area contributed by atoms with E-state index >= 15 is 0 Å². The fraction of sp³-hybridized carbons (Fsp3) is 0.600. The van der Waals surface area contributed by atoms with Gasteiger partial charge in [-0.3, -0.25) is 0 Å². The summed E-state index contributed by atoms with van der Waals surface area (Å²) in [6.45, 7) is 7.56. The van der Waals surface area contributed by atoms with E-state index in [4.69, 9.17) is 16.3 Å². The topological polar surface area (TPSA) is 55.4 Å². The fourth-order valence-corrected chi connectivity index (χ4v) is 3.79. The molecular formula is C15H24ClNO3S. The van der Waals surface area contributed by atoms with Gasteiger partial charge in [0.2, 0.25) is 10.0 Å². The molecule has 0 bridgehead atoms. The molecule has 1 aromatic rings. The van der Waals surface area contributed by atoms with Gasteiger partial charge in [0.15, 0.2) is 0 Å². The summed E-state index contributed by atoms with van der Waals surface area (Å²) >= 11 is 5.66. The molecule has 0 fully saturated rings. The number of nitrogens with one attached hydrogen (secondary N) is 1. The van der Waals surface area contributed by atoms with Crippen LogP contribution in [0.3, 0.4) is 0 Å². The maximum atomic E-state index is 12.0. The van der Waals surface area contributed by atoms with Crippen molar-refractivity contribution in [3.05, 3.63) is 29.8 Å².